The zero-order valence-corrected chi connectivity index (χ0v) is 12.8. The third kappa shape index (κ3) is 3.07. The first-order chi connectivity index (χ1) is 9.71. The molecule has 2 unspecified atom stereocenters. The van der Waals surface area contributed by atoms with Crippen LogP contribution in [0.25, 0.3) is 0 Å². The topological polar surface area (TPSA) is 47.7 Å². The van der Waals surface area contributed by atoms with Gasteiger partial charge in [0.2, 0.25) is 0 Å². The maximum Gasteiger partial charge on any atom is 0.165 e. The molecular formula is C16H26N2O2. The summed E-state index contributed by atoms with van der Waals surface area (Å²) in [5.41, 5.74) is 7.10. The smallest absolute Gasteiger partial charge is 0.165 e. The molecule has 4 nitrogen and oxygen atoms in total. The lowest BCUT2D eigenvalue weighted by Crippen LogP contribution is -2.48. The highest BCUT2D eigenvalue weighted by Crippen LogP contribution is 2.33. The average molecular weight is 278 g/mol. The minimum Gasteiger partial charge on any atom is -0.493 e. The van der Waals surface area contributed by atoms with E-state index in [9.17, 15) is 0 Å². The fraction of sp³-hybridized carbons (Fsp3) is 0.625. The van der Waals surface area contributed by atoms with E-state index in [-0.39, 0.29) is 0 Å². The number of hydrogen-bond acceptors (Lipinski definition) is 4. The van der Waals surface area contributed by atoms with E-state index in [1.807, 2.05) is 12.1 Å². The summed E-state index contributed by atoms with van der Waals surface area (Å²) in [5, 5.41) is 0. The Morgan fingerprint density at radius 3 is 2.70 bits per heavy atom. The third-order valence-corrected chi connectivity index (χ3v) is 4.30. The van der Waals surface area contributed by atoms with Gasteiger partial charge in [-0.1, -0.05) is 18.6 Å². The molecule has 2 N–H and O–H groups in total. The molecule has 0 amide bonds. The van der Waals surface area contributed by atoms with Gasteiger partial charge in [-0.05, 0) is 25.8 Å². The van der Waals surface area contributed by atoms with Gasteiger partial charge in [0.1, 0.15) is 0 Å². The van der Waals surface area contributed by atoms with E-state index in [0.717, 1.165) is 24.6 Å². The van der Waals surface area contributed by atoms with Crippen LogP contribution in [0, 0.1) is 0 Å². The maximum atomic E-state index is 5.94. The molecule has 2 rings (SSSR count). The molecule has 1 saturated heterocycles. The number of para-hydroxylation sites is 1. The Balaban J connectivity index is 2.23. The third-order valence-electron chi connectivity index (χ3n) is 4.30. The molecular weight excluding hydrogens is 252 g/mol. The first-order valence-corrected chi connectivity index (χ1v) is 7.37. The van der Waals surface area contributed by atoms with E-state index in [1.165, 1.54) is 24.8 Å². The predicted molar refractivity (Wildman–Crippen MR) is 81.2 cm³/mol. The van der Waals surface area contributed by atoms with Crippen molar-refractivity contribution in [2.24, 2.45) is 5.73 Å². The minimum atomic E-state index is 0.467. The van der Waals surface area contributed by atoms with Gasteiger partial charge in [0.15, 0.2) is 11.5 Å². The molecule has 1 aliphatic rings. The molecule has 0 radical (unpaired) electrons. The minimum absolute atomic E-state index is 0.467. The molecule has 20 heavy (non-hydrogen) atoms. The van der Waals surface area contributed by atoms with Crippen molar-refractivity contribution in [2.75, 3.05) is 20.8 Å². The van der Waals surface area contributed by atoms with E-state index >= 15 is 0 Å². The van der Waals surface area contributed by atoms with E-state index in [0.29, 0.717) is 12.1 Å². The summed E-state index contributed by atoms with van der Waals surface area (Å²) in [6.45, 7) is 3.87. The number of nitrogens with zero attached hydrogens (tertiary/aromatic N) is 1. The quantitative estimate of drug-likeness (QED) is 0.898. The number of methoxy groups -OCH3 is 2. The number of hydrogen-bond donors (Lipinski definition) is 1. The van der Waals surface area contributed by atoms with Crippen molar-refractivity contribution in [3.05, 3.63) is 23.8 Å². The number of likely N-dealkylation sites (tertiary alicyclic amines) is 1. The van der Waals surface area contributed by atoms with Gasteiger partial charge in [-0.25, -0.2) is 0 Å². The van der Waals surface area contributed by atoms with Gasteiger partial charge in [-0.15, -0.1) is 0 Å². The summed E-state index contributed by atoms with van der Waals surface area (Å²) in [5.74, 6) is 1.63. The van der Waals surface area contributed by atoms with Gasteiger partial charge in [-0.3, -0.25) is 4.90 Å². The fourth-order valence-corrected chi connectivity index (χ4v) is 3.15. The van der Waals surface area contributed by atoms with E-state index in [1.54, 1.807) is 14.2 Å². The van der Waals surface area contributed by atoms with Crippen molar-refractivity contribution >= 4 is 0 Å². The number of ether oxygens (including phenoxy) is 2. The predicted octanol–water partition coefficient (Wildman–Crippen LogP) is 2.41. The van der Waals surface area contributed by atoms with Crippen LogP contribution in [0.1, 0.15) is 31.7 Å². The summed E-state index contributed by atoms with van der Waals surface area (Å²) in [6, 6.07) is 7.09. The lowest BCUT2D eigenvalue weighted by atomic mass is 9.95. The second-order valence-corrected chi connectivity index (χ2v) is 5.49. The van der Waals surface area contributed by atoms with Gasteiger partial charge in [0, 0.05) is 30.7 Å². The van der Waals surface area contributed by atoms with Crippen LogP contribution >= 0.6 is 0 Å². The molecule has 0 aromatic heterocycles. The van der Waals surface area contributed by atoms with Crippen LogP contribution in [0.5, 0.6) is 11.5 Å². The fourth-order valence-electron chi connectivity index (χ4n) is 3.15. The first kappa shape index (κ1) is 15.1. The zero-order chi connectivity index (χ0) is 14.5. The molecule has 0 bridgehead atoms. The van der Waals surface area contributed by atoms with Gasteiger partial charge < -0.3 is 15.2 Å². The molecule has 4 heteroatoms. The molecule has 1 fully saturated rings. The van der Waals surface area contributed by atoms with Gasteiger partial charge in [0.25, 0.3) is 0 Å². The lowest BCUT2D eigenvalue weighted by Gasteiger charge is -2.40. The van der Waals surface area contributed by atoms with Gasteiger partial charge in [0.05, 0.1) is 14.2 Å². The molecule has 112 valence electrons. The highest BCUT2D eigenvalue weighted by Gasteiger charge is 2.27. The van der Waals surface area contributed by atoms with E-state index in [4.69, 9.17) is 15.2 Å². The van der Waals surface area contributed by atoms with Gasteiger partial charge in [-0.2, -0.15) is 0 Å². The number of benzene rings is 1. The highest BCUT2D eigenvalue weighted by molar-refractivity contribution is 5.46. The Hall–Kier alpha value is -1.26. The SMILES string of the molecule is COc1cccc(CN2C(C)CCCC2CN)c1OC. The number of rotatable bonds is 5. The normalized spacial score (nSPS) is 23.6. The summed E-state index contributed by atoms with van der Waals surface area (Å²) in [6.07, 6.45) is 3.70. The molecule has 1 aliphatic heterocycles. The molecule has 2 atom stereocenters. The second-order valence-electron chi connectivity index (χ2n) is 5.49. The van der Waals surface area contributed by atoms with Crippen molar-refractivity contribution in [1.29, 1.82) is 0 Å². The maximum absolute atomic E-state index is 5.94. The standard InChI is InChI=1S/C16H26N2O2/c1-12-6-4-8-14(10-17)18(12)11-13-7-5-9-15(19-2)16(13)20-3/h5,7,9,12,14H,4,6,8,10-11,17H2,1-3H3. The first-order valence-electron chi connectivity index (χ1n) is 7.37. The van der Waals surface area contributed by atoms with Crippen molar-refractivity contribution in [1.82, 2.24) is 4.90 Å². The van der Waals surface area contributed by atoms with Crippen LogP contribution in [-0.2, 0) is 6.54 Å². The molecule has 0 saturated carbocycles. The summed E-state index contributed by atoms with van der Waals surface area (Å²) in [4.78, 5) is 2.50. The summed E-state index contributed by atoms with van der Waals surface area (Å²) >= 11 is 0. The van der Waals surface area contributed by atoms with Crippen molar-refractivity contribution < 1.29 is 9.47 Å². The van der Waals surface area contributed by atoms with Crippen LogP contribution in [0.3, 0.4) is 0 Å². The van der Waals surface area contributed by atoms with Gasteiger partial charge >= 0.3 is 0 Å². The summed E-state index contributed by atoms with van der Waals surface area (Å²) < 4.78 is 10.9. The monoisotopic (exact) mass is 278 g/mol. The molecule has 1 aromatic rings. The Kier molecular flexibility index (Phi) is 5.26. The Bertz CT molecular complexity index is 436. The molecule has 1 aromatic carbocycles. The van der Waals surface area contributed by atoms with Crippen molar-refractivity contribution in [3.63, 3.8) is 0 Å². The lowest BCUT2D eigenvalue weighted by molar-refractivity contribution is 0.0881. The highest BCUT2D eigenvalue weighted by atomic mass is 16.5. The van der Waals surface area contributed by atoms with Crippen LogP contribution in [0.15, 0.2) is 18.2 Å². The van der Waals surface area contributed by atoms with Crippen molar-refractivity contribution in [2.45, 2.75) is 44.8 Å². The van der Waals surface area contributed by atoms with Crippen LogP contribution in [0.2, 0.25) is 0 Å². The van der Waals surface area contributed by atoms with Crippen LogP contribution in [-0.4, -0.2) is 37.7 Å². The Morgan fingerprint density at radius 1 is 1.25 bits per heavy atom. The van der Waals surface area contributed by atoms with E-state index in [2.05, 4.69) is 17.9 Å². The van der Waals surface area contributed by atoms with Crippen LogP contribution in [0.4, 0.5) is 0 Å². The van der Waals surface area contributed by atoms with Crippen LogP contribution < -0.4 is 15.2 Å². The largest absolute Gasteiger partial charge is 0.493 e. The summed E-state index contributed by atoms with van der Waals surface area (Å²) in [7, 11) is 3.37. The second kappa shape index (κ2) is 6.95. The number of nitrogens with two attached hydrogens (primary N) is 1. The number of piperidine rings is 1. The zero-order valence-electron chi connectivity index (χ0n) is 12.8. The average Bonchev–Trinajstić information content (AvgIpc) is 2.48. The Labute approximate surface area is 121 Å². The molecule has 0 aliphatic carbocycles. The molecule has 1 heterocycles. The molecule has 0 spiro atoms. The van der Waals surface area contributed by atoms with Crippen molar-refractivity contribution in [3.8, 4) is 11.5 Å². The Morgan fingerprint density at radius 2 is 2.05 bits per heavy atom. The van der Waals surface area contributed by atoms with E-state index < -0.39 is 0 Å².